The molecule has 2 fully saturated rings. The quantitative estimate of drug-likeness (QED) is 0.601. The molecule has 131 valence electrons. The van der Waals surface area contributed by atoms with E-state index in [9.17, 15) is 9.59 Å². The molecule has 0 aromatic carbocycles. The Morgan fingerprint density at radius 3 is 2.26 bits per heavy atom. The van der Waals surface area contributed by atoms with Crippen LogP contribution in [0.5, 0.6) is 0 Å². The molecule has 0 aromatic rings. The third kappa shape index (κ3) is 6.42. The highest BCUT2D eigenvalue weighted by atomic mass is 16.4. The summed E-state index contributed by atoms with van der Waals surface area (Å²) in [6, 6.07) is 0. The molecular formula is C15H27N4O4. The van der Waals surface area contributed by atoms with Crippen molar-refractivity contribution in [3.05, 3.63) is 0 Å². The van der Waals surface area contributed by atoms with Gasteiger partial charge in [0.05, 0.1) is 12.6 Å². The number of carboxylic acid groups (broad SMARTS) is 2. The number of piperazine rings is 2. The summed E-state index contributed by atoms with van der Waals surface area (Å²) in [5.74, 6) is -1.48. The highest BCUT2D eigenvalue weighted by molar-refractivity contribution is 5.67. The molecule has 0 bridgehead atoms. The molecular weight excluding hydrogens is 300 g/mol. The Morgan fingerprint density at radius 2 is 1.61 bits per heavy atom. The lowest BCUT2D eigenvalue weighted by Gasteiger charge is -2.42. The second kappa shape index (κ2) is 9.17. The van der Waals surface area contributed by atoms with Crippen molar-refractivity contribution in [1.29, 1.82) is 0 Å². The molecule has 1 unspecified atom stereocenters. The summed E-state index contributed by atoms with van der Waals surface area (Å²) in [4.78, 5) is 28.1. The largest absolute Gasteiger partial charge is 0.481 e. The smallest absolute Gasteiger partial charge is 0.304 e. The Morgan fingerprint density at radius 1 is 0.913 bits per heavy atom. The molecule has 1 radical (unpaired) electrons. The normalized spacial score (nSPS) is 24.6. The van der Waals surface area contributed by atoms with Crippen molar-refractivity contribution in [3.63, 3.8) is 0 Å². The maximum Gasteiger partial charge on any atom is 0.304 e. The molecule has 2 rings (SSSR count). The van der Waals surface area contributed by atoms with Gasteiger partial charge in [0, 0.05) is 58.8 Å². The van der Waals surface area contributed by atoms with Gasteiger partial charge in [-0.05, 0) is 13.0 Å². The van der Waals surface area contributed by atoms with Crippen LogP contribution < -0.4 is 5.32 Å². The molecule has 8 nitrogen and oxygen atoms in total. The van der Waals surface area contributed by atoms with E-state index >= 15 is 0 Å². The van der Waals surface area contributed by atoms with E-state index in [4.69, 9.17) is 10.2 Å². The fourth-order valence-corrected chi connectivity index (χ4v) is 3.15. The third-order valence-electron chi connectivity index (χ3n) is 4.51. The van der Waals surface area contributed by atoms with E-state index in [1.165, 1.54) is 0 Å². The second-order valence-electron chi connectivity index (χ2n) is 6.21. The monoisotopic (exact) mass is 327 g/mol. The highest BCUT2D eigenvalue weighted by Crippen LogP contribution is 2.11. The number of nitrogens with zero attached hydrogens (tertiary/aromatic N) is 4. The van der Waals surface area contributed by atoms with Gasteiger partial charge in [-0.2, -0.15) is 0 Å². The van der Waals surface area contributed by atoms with Gasteiger partial charge in [0.2, 0.25) is 0 Å². The summed E-state index contributed by atoms with van der Waals surface area (Å²) in [7, 11) is 0. The first kappa shape index (κ1) is 18.1. The van der Waals surface area contributed by atoms with Gasteiger partial charge in [-0.3, -0.25) is 19.4 Å². The molecule has 0 saturated carbocycles. The standard InChI is InChI=1S/C15H27N4O4/c20-14(21)2-1-5-17-8-10-19(11-9-17)13-12-18(7-4-16-13)6-3-15(22)23/h13H,1-12H2,(H,20,21)(H,22,23). The summed E-state index contributed by atoms with van der Waals surface area (Å²) in [6.45, 7) is 7.63. The summed E-state index contributed by atoms with van der Waals surface area (Å²) < 4.78 is 0. The summed E-state index contributed by atoms with van der Waals surface area (Å²) in [6.07, 6.45) is 1.28. The first-order valence-corrected chi connectivity index (χ1v) is 8.33. The minimum absolute atomic E-state index is 0.165. The number of carbonyl (C=O) groups is 2. The van der Waals surface area contributed by atoms with E-state index in [0.29, 0.717) is 13.0 Å². The molecule has 2 saturated heterocycles. The molecule has 2 N–H and O–H groups in total. The Balaban J connectivity index is 1.67. The maximum absolute atomic E-state index is 10.7. The van der Waals surface area contributed by atoms with Gasteiger partial charge in [0.1, 0.15) is 0 Å². The van der Waals surface area contributed by atoms with E-state index < -0.39 is 11.9 Å². The Hall–Kier alpha value is -1.22. The molecule has 0 aliphatic carbocycles. The van der Waals surface area contributed by atoms with E-state index in [0.717, 1.165) is 52.4 Å². The highest BCUT2D eigenvalue weighted by Gasteiger charge is 2.28. The molecule has 2 aliphatic heterocycles. The van der Waals surface area contributed by atoms with E-state index in [1.807, 2.05) is 0 Å². The van der Waals surface area contributed by atoms with Gasteiger partial charge >= 0.3 is 11.9 Å². The Kier molecular flexibility index (Phi) is 7.22. The summed E-state index contributed by atoms with van der Waals surface area (Å²) >= 11 is 0. The topological polar surface area (TPSA) is 98.4 Å². The molecule has 0 spiro atoms. The zero-order chi connectivity index (χ0) is 16.7. The van der Waals surface area contributed by atoms with Crippen LogP contribution in [0.15, 0.2) is 0 Å². The van der Waals surface area contributed by atoms with E-state index in [1.54, 1.807) is 0 Å². The van der Waals surface area contributed by atoms with Gasteiger partial charge in [-0.15, -0.1) is 0 Å². The van der Waals surface area contributed by atoms with Crippen molar-refractivity contribution < 1.29 is 19.8 Å². The van der Waals surface area contributed by atoms with Crippen molar-refractivity contribution in [1.82, 2.24) is 20.0 Å². The first-order valence-electron chi connectivity index (χ1n) is 8.33. The lowest BCUT2D eigenvalue weighted by atomic mass is 10.2. The van der Waals surface area contributed by atoms with Crippen molar-refractivity contribution in [2.75, 3.05) is 58.9 Å². The lowest BCUT2D eigenvalue weighted by molar-refractivity contribution is -0.138. The molecule has 2 heterocycles. The predicted molar refractivity (Wildman–Crippen MR) is 84.4 cm³/mol. The Bertz CT molecular complexity index is 399. The second-order valence-corrected chi connectivity index (χ2v) is 6.21. The number of rotatable bonds is 8. The first-order chi connectivity index (χ1) is 11.0. The predicted octanol–water partition coefficient (Wildman–Crippen LogP) is -0.810. The van der Waals surface area contributed by atoms with Gasteiger partial charge < -0.3 is 15.1 Å². The van der Waals surface area contributed by atoms with Crippen LogP contribution in [0.2, 0.25) is 0 Å². The van der Waals surface area contributed by atoms with Gasteiger partial charge in [0.25, 0.3) is 0 Å². The van der Waals surface area contributed by atoms with Crippen LogP contribution in [0, 0.1) is 0 Å². The van der Waals surface area contributed by atoms with Gasteiger partial charge in [-0.1, -0.05) is 0 Å². The zero-order valence-corrected chi connectivity index (χ0v) is 13.6. The SMILES string of the molecule is O=C(O)CCCN1CCN(C2CN(CCC(=O)O)CC[N]2)CC1. The van der Waals surface area contributed by atoms with E-state index in [2.05, 4.69) is 20.0 Å². The van der Waals surface area contributed by atoms with Crippen molar-refractivity contribution in [2.45, 2.75) is 25.4 Å². The van der Waals surface area contributed by atoms with Crippen molar-refractivity contribution in [2.24, 2.45) is 0 Å². The average Bonchev–Trinajstić information content (AvgIpc) is 2.53. The van der Waals surface area contributed by atoms with Crippen LogP contribution >= 0.6 is 0 Å². The fourth-order valence-electron chi connectivity index (χ4n) is 3.15. The molecule has 0 aromatic heterocycles. The van der Waals surface area contributed by atoms with Gasteiger partial charge in [0.15, 0.2) is 0 Å². The summed E-state index contributed by atoms with van der Waals surface area (Å²) in [5, 5.41) is 22.1. The molecule has 8 heteroatoms. The van der Waals surface area contributed by atoms with Crippen LogP contribution in [0.3, 0.4) is 0 Å². The summed E-state index contributed by atoms with van der Waals surface area (Å²) in [5.41, 5.74) is 0. The average molecular weight is 327 g/mol. The van der Waals surface area contributed by atoms with Crippen LogP contribution in [-0.2, 0) is 9.59 Å². The fraction of sp³-hybridized carbons (Fsp3) is 0.867. The minimum Gasteiger partial charge on any atom is -0.481 e. The zero-order valence-electron chi connectivity index (χ0n) is 13.6. The van der Waals surface area contributed by atoms with E-state index in [-0.39, 0.29) is 19.0 Å². The number of carboxylic acids is 2. The number of aliphatic carboxylic acids is 2. The van der Waals surface area contributed by atoms with Crippen LogP contribution in [0.25, 0.3) is 0 Å². The lowest BCUT2D eigenvalue weighted by Crippen LogP contribution is -2.59. The number of hydrogen-bond acceptors (Lipinski definition) is 5. The number of hydrogen-bond donors (Lipinski definition) is 2. The van der Waals surface area contributed by atoms with Crippen LogP contribution in [0.1, 0.15) is 19.3 Å². The molecule has 0 amide bonds. The van der Waals surface area contributed by atoms with Gasteiger partial charge in [-0.25, -0.2) is 5.32 Å². The Labute approximate surface area is 137 Å². The van der Waals surface area contributed by atoms with Crippen LogP contribution in [0.4, 0.5) is 0 Å². The molecule has 23 heavy (non-hydrogen) atoms. The molecule has 2 aliphatic rings. The molecule has 1 atom stereocenters. The third-order valence-corrected chi connectivity index (χ3v) is 4.51. The van der Waals surface area contributed by atoms with Crippen molar-refractivity contribution >= 4 is 11.9 Å². The minimum atomic E-state index is -0.751. The maximum atomic E-state index is 10.7. The van der Waals surface area contributed by atoms with Crippen molar-refractivity contribution in [3.8, 4) is 0 Å². The van der Waals surface area contributed by atoms with Crippen LogP contribution in [-0.4, -0.2) is 102 Å².